The summed E-state index contributed by atoms with van der Waals surface area (Å²) < 4.78 is 33.5. The topological polar surface area (TPSA) is 122 Å². The van der Waals surface area contributed by atoms with Gasteiger partial charge in [0.25, 0.3) is 0 Å². The second kappa shape index (κ2) is 12.2. The molecule has 1 aromatic carbocycles. The fourth-order valence-electron chi connectivity index (χ4n) is 3.79. The lowest BCUT2D eigenvalue weighted by molar-refractivity contribution is -0.163. The van der Waals surface area contributed by atoms with Crippen molar-refractivity contribution in [3.05, 3.63) is 30.3 Å². The molecule has 0 aliphatic heterocycles. The molecule has 0 aromatic heterocycles. The summed E-state index contributed by atoms with van der Waals surface area (Å²) in [6.45, 7) is 14.2. The Morgan fingerprint density at radius 3 is 1.92 bits per heavy atom. The monoisotopic (exact) mass is 525 g/mol. The number of ether oxygens (including phenoxy) is 1. The number of benzene rings is 1. The third-order valence-electron chi connectivity index (χ3n) is 5.56. The lowest BCUT2D eigenvalue weighted by atomic mass is 9.84. The number of hydrogen-bond acceptors (Lipinski definition) is 6. The van der Waals surface area contributed by atoms with Crippen LogP contribution in [0.3, 0.4) is 0 Å². The van der Waals surface area contributed by atoms with Gasteiger partial charge in [0.05, 0.1) is 10.8 Å². The number of likely N-dealkylation sites (N-methyl/N-ethyl adjacent to an activating group) is 2. The van der Waals surface area contributed by atoms with Crippen LogP contribution in [-0.4, -0.2) is 62.3 Å². The number of rotatable bonds is 10. The smallest absolute Gasteiger partial charge is 0.325 e. The predicted molar refractivity (Wildman–Crippen MR) is 139 cm³/mol. The van der Waals surface area contributed by atoms with E-state index in [1.165, 1.54) is 26.2 Å². The normalized spacial score (nSPS) is 15.2. The maximum absolute atomic E-state index is 13.7. The lowest BCUT2D eigenvalue weighted by Crippen LogP contribution is -2.58. The molecule has 0 saturated heterocycles. The highest BCUT2D eigenvalue weighted by molar-refractivity contribution is 7.89. The molecule has 9 nitrogen and oxygen atoms in total. The zero-order chi connectivity index (χ0) is 28.1. The molecule has 2 N–H and O–H groups in total. The largest absolute Gasteiger partial charge is 0.459 e. The van der Waals surface area contributed by atoms with Crippen LogP contribution in [0.5, 0.6) is 0 Å². The molecule has 1 rings (SSSR count). The summed E-state index contributed by atoms with van der Waals surface area (Å²) in [6, 6.07) is 5.35. The fourth-order valence-corrected chi connectivity index (χ4v) is 5.16. The van der Waals surface area contributed by atoms with E-state index in [1.807, 2.05) is 34.6 Å². The maximum atomic E-state index is 13.7. The fraction of sp³-hybridized carbons (Fsp3) is 0.654. The maximum Gasteiger partial charge on any atom is 0.325 e. The van der Waals surface area contributed by atoms with E-state index in [1.54, 1.807) is 39.0 Å². The lowest BCUT2D eigenvalue weighted by Gasteiger charge is -2.36. The van der Waals surface area contributed by atoms with E-state index in [4.69, 9.17) is 4.74 Å². The molecule has 0 fully saturated rings. The number of carbonyl (C=O) groups is 3. The molecule has 0 bridgehead atoms. The van der Waals surface area contributed by atoms with Crippen molar-refractivity contribution in [2.45, 2.75) is 84.4 Å². The van der Waals surface area contributed by atoms with E-state index >= 15 is 0 Å². The number of esters is 1. The number of hydrogen-bond donors (Lipinski definition) is 2. The van der Waals surface area contributed by atoms with Crippen LogP contribution < -0.4 is 10.6 Å². The molecule has 0 unspecified atom stereocenters. The first kappa shape index (κ1) is 31.6. The number of amides is 2. The van der Waals surface area contributed by atoms with Gasteiger partial charge in [-0.15, -0.1) is 0 Å². The summed E-state index contributed by atoms with van der Waals surface area (Å²) in [7, 11) is -1.41. The van der Waals surface area contributed by atoms with Crippen LogP contribution in [0.15, 0.2) is 35.2 Å². The molecule has 0 radical (unpaired) electrons. The van der Waals surface area contributed by atoms with Gasteiger partial charge in [-0.25, -0.2) is 8.42 Å². The molecule has 0 aliphatic rings. The van der Waals surface area contributed by atoms with Crippen molar-refractivity contribution < 1.29 is 27.5 Å². The zero-order valence-corrected chi connectivity index (χ0v) is 24.0. The summed E-state index contributed by atoms with van der Waals surface area (Å²) in [5.74, 6) is -3.00. The first-order chi connectivity index (χ1) is 16.3. The number of nitrogens with zero attached hydrogens (tertiary/aromatic N) is 1. The average Bonchev–Trinajstić information content (AvgIpc) is 2.74. The highest BCUT2D eigenvalue weighted by Crippen LogP contribution is 2.28. The molecule has 0 saturated carbocycles. The summed E-state index contributed by atoms with van der Waals surface area (Å²) in [5, 5.41) is 5.33. The van der Waals surface area contributed by atoms with Crippen LogP contribution in [0, 0.1) is 17.3 Å². The first-order valence-corrected chi connectivity index (χ1v) is 13.5. The van der Waals surface area contributed by atoms with E-state index < -0.39 is 56.8 Å². The third kappa shape index (κ3) is 8.58. The van der Waals surface area contributed by atoms with E-state index in [2.05, 4.69) is 10.6 Å². The average molecular weight is 526 g/mol. The van der Waals surface area contributed by atoms with E-state index in [9.17, 15) is 22.8 Å². The van der Waals surface area contributed by atoms with Crippen LogP contribution in [0.4, 0.5) is 0 Å². The Morgan fingerprint density at radius 1 is 0.972 bits per heavy atom. The van der Waals surface area contributed by atoms with Crippen molar-refractivity contribution >= 4 is 27.8 Å². The molecule has 2 amide bonds. The Hall–Kier alpha value is -2.46. The Labute approximate surface area is 216 Å². The summed E-state index contributed by atoms with van der Waals surface area (Å²) in [4.78, 5) is 39.8. The summed E-state index contributed by atoms with van der Waals surface area (Å²) in [6.07, 6.45) is 0.189. The van der Waals surface area contributed by atoms with Crippen LogP contribution in [0.2, 0.25) is 0 Å². The van der Waals surface area contributed by atoms with Gasteiger partial charge in [0.15, 0.2) is 0 Å². The van der Waals surface area contributed by atoms with Crippen molar-refractivity contribution in [3.63, 3.8) is 0 Å². The summed E-state index contributed by atoms with van der Waals surface area (Å²) in [5.41, 5.74) is -1.55. The van der Waals surface area contributed by atoms with Gasteiger partial charge in [-0.05, 0) is 50.7 Å². The molecule has 0 spiro atoms. The molecule has 0 heterocycles. The van der Waals surface area contributed by atoms with Gasteiger partial charge in [0.1, 0.15) is 17.7 Å². The van der Waals surface area contributed by atoms with Crippen molar-refractivity contribution in [1.29, 1.82) is 0 Å². The van der Waals surface area contributed by atoms with Gasteiger partial charge in [-0.3, -0.25) is 14.4 Å². The molecule has 0 aliphatic carbocycles. The van der Waals surface area contributed by atoms with E-state index in [0.29, 0.717) is 0 Å². The second-order valence-electron chi connectivity index (χ2n) is 11.5. The van der Waals surface area contributed by atoms with Crippen molar-refractivity contribution in [3.8, 4) is 0 Å². The number of carbonyl (C=O) groups excluding carboxylic acids is 3. The van der Waals surface area contributed by atoms with Gasteiger partial charge in [0.2, 0.25) is 21.8 Å². The molecule has 36 heavy (non-hydrogen) atoms. The zero-order valence-electron chi connectivity index (χ0n) is 23.2. The van der Waals surface area contributed by atoms with Gasteiger partial charge in [-0.1, -0.05) is 52.8 Å². The summed E-state index contributed by atoms with van der Waals surface area (Å²) >= 11 is 0. The molecule has 10 heteroatoms. The molecular formula is C26H43N3O6S. The first-order valence-electron chi connectivity index (χ1n) is 12.1. The van der Waals surface area contributed by atoms with E-state index in [0.717, 1.165) is 4.31 Å². The standard InChI is InChI=1S/C26H43N3O6S/c1-17(2)16-19(22(30)28-21(23(31)27-9)25(3,4)5)20(24(32)35-26(6,7)8)29(10)36(33,34)18-14-12-11-13-15-18/h11-15,17,19-21H,16H2,1-10H3,(H,27,31)(H,28,30)/t19-,20+,21-/m1/s1. The van der Waals surface area contributed by atoms with Gasteiger partial charge in [-0.2, -0.15) is 4.31 Å². The van der Waals surface area contributed by atoms with Crippen LogP contribution >= 0.6 is 0 Å². The minimum Gasteiger partial charge on any atom is -0.459 e. The molecule has 3 atom stereocenters. The van der Waals surface area contributed by atoms with Crippen LogP contribution in [0.1, 0.15) is 61.8 Å². The quantitative estimate of drug-likeness (QED) is 0.453. The Balaban J connectivity index is 3.64. The van der Waals surface area contributed by atoms with Crippen LogP contribution in [-0.2, 0) is 29.1 Å². The van der Waals surface area contributed by atoms with Gasteiger partial charge in [0, 0.05) is 14.1 Å². The second-order valence-corrected chi connectivity index (χ2v) is 13.5. The van der Waals surface area contributed by atoms with Crippen molar-refractivity contribution in [1.82, 2.24) is 14.9 Å². The Bertz CT molecular complexity index is 1010. The third-order valence-corrected chi connectivity index (χ3v) is 7.42. The minimum absolute atomic E-state index is 0.0114. The van der Waals surface area contributed by atoms with Crippen LogP contribution in [0.25, 0.3) is 0 Å². The van der Waals surface area contributed by atoms with E-state index in [-0.39, 0.29) is 17.2 Å². The number of sulfonamides is 1. The highest BCUT2D eigenvalue weighted by Gasteiger charge is 2.45. The van der Waals surface area contributed by atoms with Gasteiger partial charge >= 0.3 is 5.97 Å². The molecule has 204 valence electrons. The highest BCUT2D eigenvalue weighted by atomic mass is 32.2. The van der Waals surface area contributed by atoms with Gasteiger partial charge < -0.3 is 15.4 Å². The van der Waals surface area contributed by atoms with Crippen molar-refractivity contribution in [2.75, 3.05) is 14.1 Å². The van der Waals surface area contributed by atoms with Crippen molar-refractivity contribution in [2.24, 2.45) is 17.3 Å². The SMILES string of the molecule is CNC(=O)[C@@H](NC(=O)[C@H](CC(C)C)[C@@H](C(=O)OC(C)(C)C)N(C)S(=O)(=O)c1ccccc1)C(C)(C)C. The number of nitrogens with one attached hydrogen (secondary N) is 2. The Kier molecular flexibility index (Phi) is 10.7. The Morgan fingerprint density at radius 2 is 1.50 bits per heavy atom. The molecular weight excluding hydrogens is 482 g/mol. The molecule has 1 aromatic rings. The minimum atomic E-state index is -4.16. The predicted octanol–water partition coefficient (Wildman–Crippen LogP) is 2.96.